The molecule has 1 N–H and O–H groups in total. The molecule has 1 heterocycles. The summed E-state index contributed by atoms with van der Waals surface area (Å²) in [6, 6.07) is 0. The quantitative estimate of drug-likeness (QED) is 0.506. The van der Waals surface area contributed by atoms with Crippen LogP contribution in [0, 0.1) is 0 Å². The lowest BCUT2D eigenvalue weighted by Gasteiger charge is -2.14. The second-order valence-electron chi connectivity index (χ2n) is 3.86. The van der Waals surface area contributed by atoms with E-state index in [9.17, 15) is 14.4 Å². The summed E-state index contributed by atoms with van der Waals surface area (Å²) in [6.45, 7) is 0.722. The van der Waals surface area contributed by atoms with E-state index in [0.29, 0.717) is 12.4 Å². The lowest BCUT2D eigenvalue weighted by atomic mass is 10.3. The molecular formula is C11H18N2O4S. The van der Waals surface area contributed by atoms with E-state index in [1.54, 1.807) is 7.11 Å². The Hall–Kier alpha value is -1.08. The van der Waals surface area contributed by atoms with Crippen molar-refractivity contribution in [1.29, 1.82) is 0 Å². The second kappa shape index (κ2) is 7.38. The van der Waals surface area contributed by atoms with Crippen molar-refractivity contribution < 1.29 is 19.1 Å². The fourth-order valence-electron chi connectivity index (χ4n) is 1.63. The van der Waals surface area contributed by atoms with Crippen molar-refractivity contribution in [3.63, 3.8) is 0 Å². The van der Waals surface area contributed by atoms with Crippen molar-refractivity contribution in [1.82, 2.24) is 10.2 Å². The number of nitrogens with one attached hydrogen (secondary N) is 1. The molecule has 18 heavy (non-hydrogen) atoms. The Morgan fingerprint density at radius 1 is 1.56 bits per heavy atom. The highest BCUT2D eigenvalue weighted by atomic mass is 32.2. The molecule has 1 aliphatic heterocycles. The standard InChI is InChI=1S/C11H18N2O4S/c1-12-9(14)3-4-13-10(15)7-8(11(13)16)18-6-5-17-2/h8H,3-7H2,1-2H3,(H,12,14). The minimum absolute atomic E-state index is 0.156. The zero-order valence-corrected chi connectivity index (χ0v) is 11.4. The van der Waals surface area contributed by atoms with Gasteiger partial charge in [0.2, 0.25) is 17.7 Å². The molecule has 1 atom stereocenters. The Labute approximate surface area is 110 Å². The maximum atomic E-state index is 11.9. The van der Waals surface area contributed by atoms with Crippen molar-refractivity contribution in [2.45, 2.75) is 18.1 Å². The summed E-state index contributed by atoms with van der Waals surface area (Å²) >= 11 is 1.43. The predicted molar refractivity (Wildman–Crippen MR) is 68.1 cm³/mol. The number of hydrogen-bond donors (Lipinski definition) is 1. The number of likely N-dealkylation sites (tertiary alicyclic amines) is 1. The van der Waals surface area contributed by atoms with Gasteiger partial charge in [-0.3, -0.25) is 19.3 Å². The largest absolute Gasteiger partial charge is 0.384 e. The summed E-state index contributed by atoms with van der Waals surface area (Å²) < 4.78 is 4.90. The van der Waals surface area contributed by atoms with Crippen LogP contribution in [-0.2, 0) is 19.1 Å². The Balaban J connectivity index is 2.43. The molecule has 1 aliphatic rings. The summed E-state index contributed by atoms with van der Waals surface area (Å²) in [7, 11) is 3.12. The number of ether oxygens (including phenoxy) is 1. The normalized spacial score (nSPS) is 19.4. The van der Waals surface area contributed by atoms with E-state index in [4.69, 9.17) is 4.74 Å². The fraction of sp³-hybridized carbons (Fsp3) is 0.727. The van der Waals surface area contributed by atoms with Gasteiger partial charge in [-0.15, -0.1) is 11.8 Å². The monoisotopic (exact) mass is 274 g/mol. The highest BCUT2D eigenvalue weighted by molar-refractivity contribution is 8.00. The van der Waals surface area contributed by atoms with Crippen LogP contribution < -0.4 is 5.32 Å². The lowest BCUT2D eigenvalue weighted by molar-refractivity contribution is -0.138. The molecule has 0 aromatic rings. The summed E-state index contributed by atoms with van der Waals surface area (Å²) in [4.78, 5) is 35.9. The zero-order chi connectivity index (χ0) is 13.5. The smallest absolute Gasteiger partial charge is 0.242 e. The second-order valence-corrected chi connectivity index (χ2v) is 5.17. The van der Waals surface area contributed by atoms with Gasteiger partial charge < -0.3 is 10.1 Å². The van der Waals surface area contributed by atoms with E-state index < -0.39 is 0 Å². The van der Waals surface area contributed by atoms with Gasteiger partial charge in [-0.05, 0) is 0 Å². The SMILES string of the molecule is CNC(=O)CCN1C(=O)CC(SCCOC)C1=O. The molecule has 0 spiro atoms. The first kappa shape index (κ1) is 15.0. The average molecular weight is 274 g/mol. The number of methoxy groups -OCH3 is 1. The minimum atomic E-state index is -0.322. The average Bonchev–Trinajstić information content (AvgIpc) is 2.62. The van der Waals surface area contributed by atoms with Gasteiger partial charge in [0, 0.05) is 39.3 Å². The van der Waals surface area contributed by atoms with Crippen LogP contribution in [0.3, 0.4) is 0 Å². The van der Waals surface area contributed by atoms with Crippen molar-refractivity contribution in [2.75, 3.05) is 33.1 Å². The Bertz CT molecular complexity index is 335. The third-order valence-electron chi connectivity index (χ3n) is 2.65. The molecule has 0 aliphatic carbocycles. The highest BCUT2D eigenvalue weighted by Gasteiger charge is 2.38. The molecule has 3 amide bonds. The van der Waals surface area contributed by atoms with E-state index in [2.05, 4.69) is 5.32 Å². The zero-order valence-electron chi connectivity index (χ0n) is 10.6. The van der Waals surface area contributed by atoms with Gasteiger partial charge >= 0.3 is 0 Å². The Kier molecular flexibility index (Phi) is 6.14. The van der Waals surface area contributed by atoms with Crippen LogP contribution >= 0.6 is 11.8 Å². The van der Waals surface area contributed by atoms with Crippen LogP contribution in [0.25, 0.3) is 0 Å². The third kappa shape index (κ3) is 3.99. The van der Waals surface area contributed by atoms with Gasteiger partial charge in [-0.2, -0.15) is 0 Å². The number of hydrogen-bond acceptors (Lipinski definition) is 5. The molecule has 6 nitrogen and oxygen atoms in total. The maximum absolute atomic E-state index is 11.9. The molecule has 1 rings (SSSR count). The van der Waals surface area contributed by atoms with Gasteiger partial charge in [0.1, 0.15) is 0 Å². The number of thioether (sulfide) groups is 1. The summed E-state index contributed by atoms with van der Waals surface area (Å²) in [6.07, 6.45) is 0.379. The van der Waals surface area contributed by atoms with Crippen LogP contribution in [0.2, 0.25) is 0 Å². The fourth-order valence-corrected chi connectivity index (χ4v) is 2.71. The number of carbonyl (C=O) groups excluding carboxylic acids is 3. The van der Waals surface area contributed by atoms with E-state index >= 15 is 0 Å². The third-order valence-corrected chi connectivity index (χ3v) is 3.82. The minimum Gasteiger partial charge on any atom is -0.384 e. The molecule has 0 saturated carbocycles. The number of rotatable bonds is 7. The molecule has 1 fully saturated rings. The first-order chi connectivity index (χ1) is 8.60. The van der Waals surface area contributed by atoms with E-state index in [0.717, 1.165) is 0 Å². The van der Waals surface area contributed by atoms with Crippen molar-refractivity contribution in [3.05, 3.63) is 0 Å². The van der Waals surface area contributed by atoms with E-state index in [-0.39, 0.29) is 42.4 Å². The lowest BCUT2D eigenvalue weighted by Crippen LogP contribution is -2.35. The summed E-state index contributed by atoms with van der Waals surface area (Å²) in [5.41, 5.74) is 0. The molecule has 7 heteroatoms. The predicted octanol–water partition coefficient (Wildman–Crippen LogP) is -0.370. The molecule has 0 aromatic carbocycles. The van der Waals surface area contributed by atoms with Crippen molar-refractivity contribution in [2.24, 2.45) is 0 Å². The maximum Gasteiger partial charge on any atom is 0.242 e. The van der Waals surface area contributed by atoms with Gasteiger partial charge in [-0.25, -0.2) is 0 Å². The van der Waals surface area contributed by atoms with Crippen LogP contribution in [0.15, 0.2) is 0 Å². The summed E-state index contributed by atoms with van der Waals surface area (Å²) in [5.74, 6) is 0.124. The van der Waals surface area contributed by atoms with Crippen molar-refractivity contribution >= 4 is 29.5 Å². The molecule has 1 saturated heterocycles. The molecule has 0 radical (unpaired) electrons. The van der Waals surface area contributed by atoms with E-state index in [1.165, 1.54) is 23.7 Å². The van der Waals surface area contributed by atoms with Gasteiger partial charge in [-0.1, -0.05) is 0 Å². The highest BCUT2D eigenvalue weighted by Crippen LogP contribution is 2.25. The first-order valence-corrected chi connectivity index (χ1v) is 6.80. The molecule has 0 aromatic heterocycles. The van der Waals surface area contributed by atoms with Crippen LogP contribution in [0.1, 0.15) is 12.8 Å². The molecule has 1 unspecified atom stereocenters. The van der Waals surface area contributed by atoms with Gasteiger partial charge in [0.05, 0.1) is 11.9 Å². The van der Waals surface area contributed by atoms with Crippen LogP contribution in [0.4, 0.5) is 0 Å². The van der Waals surface area contributed by atoms with E-state index in [1.807, 2.05) is 0 Å². The molecule has 0 bridgehead atoms. The summed E-state index contributed by atoms with van der Waals surface area (Å²) in [5, 5.41) is 2.14. The molecule has 102 valence electrons. The van der Waals surface area contributed by atoms with Crippen molar-refractivity contribution in [3.8, 4) is 0 Å². The Morgan fingerprint density at radius 3 is 2.89 bits per heavy atom. The van der Waals surface area contributed by atoms with Crippen LogP contribution in [-0.4, -0.2) is 60.9 Å². The molecular weight excluding hydrogens is 256 g/mol. The number of carbonyl (C=O) groups is 3. The number of amides is 3. The van der Waals surface area contributed by atoms with Crippen LogP contribution in [0.5, 0.6) is 0 Å². The number of nitrogens with zero attached hydrogens (tertiary/aromatic N) is 1. The van der Waals surface area contributed by atoms with Gasteiger partial charge in [0.25, 0.3) is 0 Å². The Morgan fingerprint density at radius 2 is 2.28 bits per heavy atom. The number of imide groups is 1. The first-order valence-electron chi connectivity index (χ1n) is 5.75. The topological polar surface area (TPSA) is 75.7 Å². The van der Waals surface area contributed by atoms with Gasteiger partial charge in [0.15, 0.2) is 0 Å².